The van der Waals surface area contributed by atoms with Gasteiger partial charge in [0.25, 0.3) is 5.69 Å². The van der Waals surface area contributed by atoms with Crippen molar-refractivity contribution in [3.63, 3.8) is 0 Å². The van der Waals surface area contributed by atoms with Crippen LogP contribution in [0, 0.1) is 15.9 Å². The van der Waals surface area contributed by atoms with Crippen molar-refractivity contribution in [2.45, 2.75) is 6.54 Å². The maximum Gasteiger partial charge on any atom is 0.272 e. The molecule has 0 aromatic heterocycles. The Morgan fingerprint density at radius 1 is 1.33 bits per heavy atom. The zero-order chi connectivity index (χ0) is 15.4. The van der Waals surface area contributed by atoms with E-state index in [9.17, 15) is 14.5 Å². The summed E-state index contributed by atoms with van der Waals surface area (Å²) < 4.78 is 18.7. The fraction of sp³-hybridized carbons (Fsp3) is 0.143. The minimum Gasteiger partial charge on any atom is -0.495 e. The molecule has 0 spiro atoms. The first-order valence-electron chi connectivity index (χ1n) is 6.01. The van der Waals surface area contributed by atoms with Crippen LogP contribution in [0.2, 0.25) is 5.02 Å². The third kappa shape index (κ3) is 3.61. The van der Waals surface area contributed by atoms with Gasteiger partial charge in [-0.15, -0.1) is 0 Å². The molecule has 0 aliphatic carbocycles. The number of halogens is 2. The number of anilines is 1. The lowest BCUT2D eigenvalue weighted by Gasteiger charge is -2.09. The number of nitro benzene ring substituents is 1. The van der Waals surface area contributed by atoms with E-state index in [0.29, 0.717) is 17.3 Å². The summed E-state index contributed by atoms with van der Waals surface area (Å²) >= 11 is 6.00. The molecule has 0 heterocycles. The van der Waals surface area contributed by atoms with Gasteiger partial charge in [-0.2, -0.15) is 0 Å². The van der Waals surface area contributed by atoms with Crippen molar-refractivity contribution >= 4 is 23.0 Å². The molecular formula is C14H12ClFN2O3. The van der Waals surface area contributed by atoms with Gasteiger partial charge in [-0.1, -0.05) is 17.7 Å². The maximum absolute atomic E-state index is 13.7. The number of hydrogen-bond donors (Lipinski definition) is 1. The molecule has 0 amide bonds. The molecule has 2 rings (SSSR count). The molecule has 110 valence electrons. The van der Waals surface area contributed by atoms with Crippen molar-refractivity contribution in [1.29, 1.82) is 0 Å². The fourth-order valence-electron chi connectivity index (χ4n) is 1.78. The molecule has 2 aromatic carbocycles. The highest BCUT2D eigenvalue weighted by molar-refractivity contribution is 6.32. The van der Waals surface area contributed by atoms with Crippen molar-refractivity contribution in [1.82, 2.24) is 0 Å². The third-order valence-corrected chi connectivity index (χ3v) is 3.16. The fourth-order valence-corrected chi connectivity index (χ4v) is 2.06. The molecule has 7 heteroatoms. The molecule has 5 nitrogen and oxygen atoms in total. The molecule has 0 saturated heterocycles. The molecule has 1 N–H and O–H groups in total. The highest BCUT2D eigenvalue weighted by Crippen LogP contribution is 2.26. The van der Waals surface area contributed by atoms with Crippen LogP contribution in [-0.2, 0) is 6.54 Å². The average molecular weight is 311 g/mol. The number of rotatable bonds is 5. The normalized spacial score (nSPS) is 10.2. The minimum absolute atomic E-state index is 0.188. The molecule has 0 aliphatic heterocycles. The molecule has 0 fully saturated rings. The molecular weight excluding hydrogens is 299 g/mol. The number of nitro groups is 1. The van der Waals surface area contributed by atoms with E-state index in [1.54, 1.807) is 18.2 Å². The third-order valence-electron chi connectivity index (χ3n) is 2.86. The van der Waals surface area contributed by atoms with E-state index >= 15 is 0 Å². The second-order valence-electron chi connectivity index (χ2n) is 4.24. The Balaban J connectivity index is 2.09. The number of benzene rings is 2. The summed E-state index contributed by atoms with van der Waals surface area (Å²) in [6.45, 7) is 0.332. The van der Waals surface area contributed by atoms with Crippen LogP contribution in [-0.4, -0.2) is 12.0 Å². The Bertz CT molecular complexity index is 679. The van der Waals surface area contributed by atoms with Gasteiger partial charge >= 0.3 is 0 Å². The van der Waals surface area contributed by atoms with Crippen molar-refractivity contribution in [3.8, 4) is 5.75 Å². The predicted octanol–water partition coefficient (Wildman–Crippen LogP) is 4.01. The van der Waals surface area contributed by atoms with Gasteiger partial charge in [0.15, 0.2) is 5.82 Å². The molecule has 0 bridgehead atoms. The molecule has 0 unspecified atom stereocenters. The second kappa shape index (κ2) is 6.41. The summed E-state index contributed by atoms with van der Waals surface area (Å²) in [7, 11) is 1.52. The van der Waals surface area contributed by atoms with Crippen molar-refractivity contribution in [2.24, 2.45) is 0 Å². The van der Waals surface area contributed by atoms with Crippen LogP contribution >= 0.6 is 11.6 Å². The van der Waals surface area contributed by atoms with Gasteiger partial charge in [-0.3, -0.25) is 10.1 Å². The minimum atomic E-state index is -0.677. The van der Waals surface area contributed by atoms with Crippen LogP contribution in [0.3, 0.4) is 0 Å². The Labute approximate surface area is 125 Å². The summed E-state index contributed by atoms with van der Waals surface area (Å²) in [6, 6.07) is 8.66. The van der Waals surface area contributed by atoms with Crippen LogP contribution in [0.15, 0.2) is 36.4 Å². The zero-order valence-electron chi connectivity index (χ0n) is 11.1. The smallest absolute Gasteiger partial charge is 0.272 e. The number of methoxy groups -OCH3 is 1. The number of nitrogens with one attached hydrogen (secondary N) is 1. The van der Waals surface area contributed by atoms with Crippen LogP contribution in [0.25, 0.3) is 0 Å². The van der Waals surface area contributed by atoms with E-state index in [1.807, 2.05) is 0 Å². The van der Waals surface area contributed by atoms with Gasteiger partial charge in [0, 0.05) is 12.6 Å². The Hall–Kier alpha value is -2.34. The zero-order valence-corrected chi connectivity index (χ0v) is 11.9. The first kappa shape index (κ1) is 15.1. The lowest BCUT2D eigenvalue weighted by atomic mass is 10.2. The Morgan fingerprint density at radius 3 is 2.67 bits per heavy atom. The molecule has 0 saturated carbocycles. The summed E-state index contributed by atoms with van der Waals surface area (Å²) in [5.74, 6) is -0.120. The van der Waals surface area contributed by atoms with Gasteiger partial charge in [-0.05, 0) is 23.8 Å². The van der Waals surface area contributed by atoms with Crippen molar-refractivity contribution in [2.75, 3.05) is 12.4 Å². The molecule has 2 aromatic rings. The number of hydrogen-bond acceptors (Lipinski definition) is 4. The SMILES string of the molecule is COc1ccc(CNc2ccc([N+](=O)[O-])cc2F)cc1Cl. The lowest BCUT2D eigenvalue weighted by molar-refractivity contribution is -0.385. The van der Waals surface area contributed by atoms with Gasteiger partial charge in [-0.25, -0.2) is 4.39 Å². The highest BCUT2D eigenvalue weighted by Gasteiger charge is 2.10. The van der Waals surface area contributed by atoms with Gasteiger partial charge in [0.05, 0.1) is 28.8 Å². The Kier molecular flexibility index (Phi) is 4.59. The topological polar surface area (TPSA) is 64.4 Å². The summed E-state index contributed by atoms with van der Waals surface area (Å²) in [5.41, 5.74) is 0.733. The standard InChI is InChI=1S/C14H12ClFN2O3/c1-21-14-5-2-9(6-11(14)15)8-17-13-4-3-10(18(19)20)7-12(13)16/h2-7,17H,8H2,1H3. The number of nitrogens with zero attached hydrogens (tertiary/aromatic N) is 1. The molecule has 21 heavy (non-hydrogen) atoms. The first-order valence-corrected chi connectivity index (χ1v) is 6.39. The Morgan fingerprint density at radius 2 is 2.10 bits per heavy atom. The quantitative estimate of drug-likeness (QED) is 0.669. The van der Waals surface area contributed by atoms with Gasteiger partial charge < -0.3 is 10.1 Å². The van der Waals surface area contributed by atoms with Gasteiger partial charge in [0.1, 0.15) is 5.75 Å². The van der Waals surface area contributed by atoms with E-state index in [2.05, 4.69) is 5.32 Å². The molecule has 0 radical (unpaired) electrons. The van der Waals surface area contributed by atoms with E-state index in [1.165, 1.54) is 19.2 Å². The largest absolute Gasteiger partial charge is 0.495 e. The predicted molar refractivity (Wildman–Crippen MR) is 78.4 cm³/mol. The number of ether oxygens (including phenoxy) is 1. The monoisotopic (exact) mass is 310 g/mol. The van der Waals surface area contributed by atoms with Crippen LogP contribution in [0.4, 0.5) is 15.8 Å². The first-order chi connectivity index (χ1) is 10.0. The summed E-state index contributed by atoms with van der Waals surface area (Å²) in [5, 5.41) is 13.9. The van der Waals surface area contributed by atoms with Crippen molar-refractivity contribution < 1.29 is 14.1 Å². The van der Waals surface area contributed by atoms with Gasteiger partial charge in [0.2, 0.25) is 0 Å². The lowest BCUT2D eigenvalue weighted by Crippen LogP contribution is -2.02. The summed E-state index contributed by atoms with van der Waals surface area (Å²) in [6.07, 6.45) is 0. The van der Waals surface area contributed by atoms with E-state index in [0.717, 1.165) is 11.6 Å². The molecule has 0 aliphatic rings. The van der Waals surface area contributed by atoms with Crippen molar-refractivity contribution in [3.05, 3.63) is 62.9 Å². The van der Waals surface area contributed by atoms with E-state index in [-0.39, 0.29) is 11.4 Å². The number of non-ortho nitro benzene ring substituents is 1. The van der Waals surface area contributed by atoms with Crippen LogP contribution < -0.4 is 10.1 Å². The summed E-state index contributed by atoms with van der Waals surface area (Å²) in [4.78, 5) is 9.89. The highest BCUT2D eigenvalue weighted by atomic mass is 35.5. The van der Waals surface area contributed by atoms with Crippen LogP contribution in [0.5, 0.6) is 5.75 Å². The van der Waals surface area contributed by atoms with E-state index < -0.39 is 10.7 Å². The van der Waals surface area contributed by atoms with E-state index in [4.69, 9.17) is 16.3 Å². The maximum atomic E-state index is 13.7. The molecule has 0 atom stereocenters. The second-order valence-corrected chi connectivity index (χ2v) is 4.65. The average Bonchev–Trinajstić information content (AvgIpc) is 2.46. The van der Waals surface area contributed by atoms with Crippen LogP contribution in [0.1, 0.15) is 5.56 Å².